The molecule has 1 N–H and O–H groups in total. The van der Waals surface area contributed by atoms with Gasteiger partial charge in [0.15, 0.2) is 11.5 Å². The van der Waals surface area contributed by atoms with Crippen LogP contribution < -0.4 is 9.47 Å². The van der Waals surface area contributed by atoms with E-state index in [-0.39, 0.29) is 0 Å². The second-order valence-electron chi connectivity index (χ2n) is 4.93. The third-order valence-corrected chi connectivity index (χ3v) is 3.09. The van der Waals surface area contributed by atoms with Crippen molar-refractivity contribution >= 4 is 5.97 Å². The van der Waals surface area contributed by atoms with Gasteiger partial charge in [0.2, 0.25) is 6.17 Å². The van der Waals surface area contributed by atoms with Crippen molar-refractivity contribution < 1.29 is 23.8 Å². The Morgan fingerprint density at radius 3 is 2.29 bits per heavy atom. The molecule has 4 nitrogen and oxygen atoms in total. The van der Waals surface area contributed by atoms with Gasteiger partial charge in [-0.15, -0.1) is 0 Å². The van der Waals surface area contributed by atoms with Crippen LogP contribution in [0, 0.1) is 0 Å². The fraction of sp³-hybridized carbons (Fsp3) is 0.562. The predicted molar refractivity (Wildman–Crippen MR) is 79.0 cm³/mol. The van der Waals surface area contributed by atoms with Crippen LogP contribution in [0.3, 0.4) is 0 Å². The van der Waals surface area contributed by atoms with Crippen LogP contribution in [0.25, 0.3) is 0 Å². The molecule has 0 spiro atoms. The summed E-state index contributed by atoms with van der Waals surface area (Å²) >= 11 is 0. The van der Waals surface area contributed by atoms with E-state index in [4.69, 9.17) is 14.6 Å². The summed E-state index contributed by atoms with van der Waals surface area (Å²) < 4.78 is 24.8. The molecule has 0 radical (unpaired) electrons. The summed E-state index contributed by atoms with van der Waals surface area (Å²) in [5.41, 5.74) is 0.583. The van der Waals surface area contributed by atoms with Gasteiger partial charge in [-0.2, -0.15) is 0 Å². The van der Waals surface area contributed by atoms with Gasteiger partial charge in [0, 0.05) is 5.92 Å². The molecular weight excluding hydrogens is 275 g/mol. The number of hydrogen-bond donors (Lipinski definition) is 1. The Kier molecular flexibility index (Phi) is 6.99. The maximum absolute atomic E-state index is 13.6. The van der Waals surface area contributed by atoms with E-state index in [9.17, 15) is 9.18 Å². The Hall–Kier alpha value is -1.78. The van der Waals surface area contributed by atoms with Gasteiger partial charge in [-0.3, -0.25) is 0 Å². The lowest BCUT2D eigenvalue weighted by atomic mass is 9.96. The number of halogens is 1. The van der Waals surface area contributed by atoms with E-state index in [2.05, 4.69) is 0 Å². The number of hydrogen-bond acceptors (Lipinski definition) is 3. The molecule has 0 aliphatic carbocycles. The summed E-state index contributed by atoms with van der Waals surface area (Å²) in [7, 11) is 0. The van der Waals surface area contributed by atoms with Crippen molar-refractivity contribution in [1.82, 2.24) is 0 Å². The number of carbonyl (C=O) groups is 1. The Bertz CT molecular complexity index is 462. The number of carboxylic acid groups (broad SMARTS) is 1. The Balaban J connectivity index is 2.99. The summed E-state index contributed by atoms with van der Waals surface area (Å²) in [6, 6.07) is 5.06. The van der Waals surface area contributed by atoms with Gasteiger partial charge in [-0.1, -0.05) is 26.8 Å². The molecule has 0 saturated carbocycles. The van der Waals surface area contributed by atoms with E-state index >= 15 is 0 Å². The zero-order chi connectivity index (χ0) is 15.8. The van der Waals surface area contributed by atoms with Crippen molar-refractivity contribution in [3.63, 3.8) is 0 Å². The highest BCUT2D eigenvalue weighted by Crippen LogP contribution is 2.33. The first kappa shape index (κ1) is 17.3. The van der Waals surface area contributed by atoms with Crippen LogP contribution in [-0.2, 0) is 4.79 Å². The minimum absolute atomic E-state index is 0.526. The molecule has 1 aromatic rings. The maximum Gasteiger partial charge on any atom is 0.338 e. The van der Waals surface area contributed by atoms with Crippen LogP contribution in [-0.4, -0.2) is 30.5 Å². The lowest BCUT2D eigenvalue weighted by Crippen LogP contribution is -2.21. The Labute approximate surface area is 124 Å². The Morgan fingerprint density at radius 2 is 1.76 bits per heavy atom. The first-order valence-corrected chi connectivity index (χ1v) is 7.27. The van der Waals surface area contributed by atoms with E-state index < -0.39 is 18.1 Å². The number of alkyl halides is 1. The van der Waals surface area contributed by atoms with Crippen LogP contribution in [0.1, 0.15) is 45.1 Å². The molecule has 5 heteroatoms. The van der Waals surface area contributed by atoms with Crippen molar-refractivity contribution in [2.75, 3.05) is 13.2 Å². The van der Waals surface area contributed by atoms with Gasteiger partial charge < -0.3 is 14.6 Å². The number of benzene rings is 1. The summed E-state index contributed by atoms with van der Waals surface area (Å²) in [5, 5.41) is 8.76. The molecule has 1 aromatic carbocycles. The quantitative estimate of drug-likeness (QED) is 0.753. The van der Waals surface area contributed by atoms with Crippen LogP contribution in [0.5, 0.6) is 11.5 Å². The minimum atomic E-state index is -1.94. The molecule has 0 amide bonds. The zero-order valence-corrected chi connectivity index (χ0v) is 12.8. The van der Waals surface area contributed by atoms with E-state index in [1.165, 1.54) is 0 Å². The standard InChI is InChI=1S/C16H23FO4/c1-4-8-20-13-7-6-12(10-14(13)21-9-5-2)11(3)15(17)16(18)19/h6-7,10-11,15H,4-5,8-9H2,1-3H3,(H,18,19). The summed E-state index contributed by atoms with van der Waals surface area (Å²) in [5.74, 6) is -1.06. The van der Waals surface area contributed by atoms with Gasteiger partial charge in [-0.25, -0.2) is 9.18 Å². The third kappa shape index (κ3) is 4.92. The fourth-order valence-electron chi connectivity index (χ4n) is 1.85. The van der Waals surface area contributed by atoms with Crippen molar-refractivity contribution in [3.8, 4) is 11.5 Å². The molecule has 118 valence electrons. The number of ether oxygens (including phenoxy) is 2. The largest absolute Gasteiger partial charge is 0.490 e. The molecule has 0 fully saturated rings. The molecule has 21 heavy (non-hydrogen) atoms. The average Bonchev–Trinajstić information content (AvgIpc) is 2.49. The van der Waals surface area contributed by atoms with Crippen molar-refractivity contribution in [1.29, 1.82) is 0 Å². The lowest BCUT2D eigenvalue weighted by Gasteiger charge is -2.17. The van der Waals surface area contributed by atoms with Gasteiger partial charge in [-0.05, 0) is 30.5 Å². The van der Waals surface area contributed by atoms with E-state index in [1.807, 2.05) is 13.8 Å². The molecule has 0 aromatic heterocycles. The zero-order valence-electron chi connectivity index (χ0n) is 12.8. The second-order valence-corrected chi connectivity index (χ2v) is 4.93. The average molecular weight is 298 g/mol. The van der Waals surface area contributed by atoms with E-state index in [0.717, 1.165) is 12.8 Å². The van der Waals surface area contributed by atoms with Crippen LogP contribution in [0.4, 0.5) is 4.39 Å². The van der Waals surface area contributed by atoms with Crippen molar-refractivity contribution in [2.24, 2.45) is 0 Å². The SMILES string of the molecule is CCCOc1ccc(C(C)C(F)C(=O)O)cc1OCCC. The van der Waals surface area contributed by atoms with E-state index in [0.29, 0.717) is 30.3 Å². The van der Waals surface area contributed by atoms with Crippen molar-refractivity contribution in [2.45, 2.75) is 45.7 Å². The lowest BCUT2D eigenvalue weighted by molar-refractivity contribution is -0.143. The predicted octanol–water partition coefficient (Wildman–Crippen LogP) is 3.79. The first-order valence-electron chi connectivity index (χ1n) is 7.27. The molecule has 0 bridgehead atoms. The third-order valence-electron chi connectivity index (χ3n) is 3.09. The Morgan fingerprint density at radius 1 is 1.19 bits per heavy atom. The normalized spacial score (nSPS) is 13.5. The highest BCUT2D eigenvalue weighted by Gasteiger charge is 2.26. The highest BCUT2D eigenvalue weighted by atomic mass is 19.1. The molecule has 0 saturated heterocycles. The van der Waals surface area contributed by atoms with Gasteiger partial charge in [0.1, 0.15) is 0 Å². The smallest absolute Gasteiger partial charge is 0.338 e. The maximum atomic E-state index is 13.6. The highest BCUT2D eigenvalue weighted by molar-refractivity contribution is 5.73. The van der Waals surface area contributed by atoms with Gasteiger partial charge in [0.25, 0.3) is 0 Å². The van der Waals surface area contributed by atoms with Crippen LogP contribution >= 0.6 is 0 Å². The molecule has 0 heterocycles. The number of aliphatic carboxylic acids is 1. The first-order chi connectivity index (χ1) is 10.0. The monoisotopic (exact) mass is 298 g/mol. The van der Waals surface area contributed by atoms with Crippen molar-refractivity contribution in [3.05, 3.63) is 23.8 Å². The second kappa shape index (κ2) is 8.49. The molecular formula is C16H23FO4. The number of carboxylic acids is 1. The topological polar surface area (TPSA) is 55.8 Å². The van der Waals surface area contributed by atoms with Gasteiger partial charge in [0.05, 0.1) is 13.2 Å². The fourth-order valence-corrected chi connectivity index (χ4v) is 1.85. The minimum Gasteiger partial charge on any atom is -0.490 e. The summed E-state index contributed by atoms with van der Waals surface area (Å²) in [4.78, 5) is 10.7. The summed E-state index contributed by atoms with van der Waals surface area (Å²) in [6.07, 6.45) is -0.225. The molecule has 2 atom stereocenters. The summed E-state index contributed by atoms with van der Waals surface area (Å²) in [6.45, 7) is 6.63. The molecule has 2 unspecified atom stereocenters. The van der Waals surface area contributed by atoms with Crippen LogP contribution in [0.15, 0.2) is 18.2 Å². The molecule has 0 aliphatic rings. The molecule has 1 rings (SSSR count). The molecule has 0 aliphatic heterocycles. The number of rotatable bonds is 9. The van der Waals surface area contributed by atoms with E-state index in [1.54, 1.807) is 25.1 Å². The van der Waals surface area contributed by atoms with Crippen LogP contribution in [0.2, 0.25) is 0 Å². The van der Waals surface area contributed by atoms with Gasteiger partial charge >= 0.3 is 5.97 Å².